The minimum atomic E-state index is -0.0168. The number of carbonyl (C=O) groups excluding carboxylic acids is 1. The molecule has 3 aromatic rings. The second-order valence-electron chi connectivity index (χ2n) is 6.23. The number of rotatable bonds is 3. The maximum atomic E-state index is 12.8. The van der Waals surface area contributed by atoms with E-state index in [1.807, 2.05) is 11.8 Å². The van der Waals surface area contributed by atoms with Crippen LogP contribution in [0, 0.1) is 6.92 Å². The maximum absolute atomic E-state index is 12.8. The van der Waals surface area contributed by atoms with Crippen LogP contribution >= 0.6 is 11.3 Å². The first-order valence-electron chi connectivity index (χ1n) is 8.42. The SMILES string of the molecule is Cc1nc(CN2CCCN(C(=O)c3cc4ncccn4n3)CC2)cs1. The predicted molar refractivity (Wildman–Crippen MR) is 95.6 cm³/mol. The molecule has 7 nitrogen and oxygen atoms in total. The van der Waals surface area contributed by atoms with Crippen molar-refractivity contribution in [3.05, 3.63) is 46.3 Å². The molecule has 1 saturated heterocycles. The smallest absolute Gasteiger partial charge is 0.274 e. The van der Waals surface area contributed by atoms with E-state index >= 15 is 0 Å². The highest BCUT2D eigenvalue weighted by Gasteiger charge is 2.22. The van der Waals surface area contributed by atoms with Crippen LogP contribution in [0.15, 0.2) is 29.9 Å². The summed E-state index contributed by atoms with van der Waals surface area (Å²) < 4.78 is 1.64. The summed E-state index contributed by atoms with van der Waals surface area (Å²) in [7, 11) is 0. The monoisotopic (exact) mass is 356 g/mol. The third-order valence-corrected chi connectivity index (χ3v) is 5.21. The summed E-state index contributed by atoms with van der Waals surface area (Å²) in [6.45, 7) is 6.18. The van der Waals surface area contributed by atoms with Crippen molar-refractivity contribution in [2.75, 3.05) is 26.2 Å². The largest absolute Gasteiger partial charge is 0.336 e. The molecule has 130 valence electrons. The van der Waals surface area contributed by atoms with E-state index in [1.54, 1.807) is 40.4 Å². The van der Waals surface area contributed by atoms with Crippen molar-refractivity contribution in [1.29, 1.82) is 0 Å². The first kappa shape index (κ1) is 16.2. The lowest BCUT2D eigenvalue weighted by Gasteiger charge is -2.20. The first-order valence-corrected chi connectivity index (χ1v) is 9.30. The molecule has 0 atom stereocenters. The highest BCUT2D eigenvalue weighted by molar-refractivity contribution is 7.09. The minimum absolute atomic E-state index is 0.0168. The van der Waals surface area contributed by atoms with E-state index < -0.39 is 0 Å². The summed E-state index contributed by atoms with van der Waals surface area (Å²) in [5.41, 5.74) is 2.28. The molecule has 0 spiro atoms. The molecule has 0 unspecified atom stereocenters. The van der Waals surface area contributed by atoms with E-state index in [2.05, 4.69) is 25.3 Å². The summed E-state index contributed by atoms with van der Waals surface area (Å²) in [4.78, 5) is 25.8. The van der Waals surface area contributed by atoms with Crippen LogP contribution in [0.5, 0.6) is 0 Å². The Labute approximate surface area is 149 Å². The summed E-state index contributed by atoms with van der Waals surface area (Å²) in [5, 5.41) is 7.57. The number of amides is 1. The van der Waals surface area contributed by atoms with Gasteiger partial charge in [-0.1, -0.05) is 0 Å². The van der Waals surface area contributed by atoms with E-state index in [-0.39, 0.29) is 5.91 Å². The molecule has 0 radical (unpaired) electrons. The van der Waals surface area contributed by atoms with Crippen molar-refractivity contribution in [3.63, 3.8) is 0 Å². The van der Waals surface area contributed by atoms with Gasteiger partial charge in [0.1, 0.15) is 0 Å². The average molecular weight is 356 g/mol. The van der Waals surface area contributed by atoms with Crippen molar-refractivity contribution in [2.45, 2.75) is 19.9 Å². The molecule has 1 amide bonds. The van der Waals surface area contributed by atoms with Crippen molar-refractivity contribution in [1.82, 2.24) is 29.4 Å². The summed E-state index contributed by atoms with van der Waals surface area (Å²) in [6, 6.07) is 3.56. The predicted octanol–water partition coefficient (Wildman–Crippen LogP) is 1.84. The van der Waals surface area contributed by atoms with Crippen LogP contribution in [-0.4, -0.2) is 61.5 Å². The van der Waals surface area contributed by atoms with E-state index in [0.717, 1.165) is 43.3 Å². The van der Waals surface area contributed by atoms with Crippen LogP contribution in [0.2, 0.25) is 0 Å². The number of aromatic nitrogens is 4. The van der Waals surface area contributed by atoms with Gasteiger partial charge in [0.25, 0.3) is 5.91 Å². The van der Waals surface area contributed by atoms with Gasteiger partial charge in [-0.2, -0.15) is 5.10 Å². The fourth-order valence-corrected chi connectivity index (χ4v) is 3.74. The second-order valence-corrected chi connectivity index (χ2v) is 7.29. The van der Waals surface area contributed by atoms with Gasteiger partial charge < -0.3 is 4.90 Å². The van der Waals surface area contributed by atoms with Gasteiger partial charge in [-0.25, -0.2) is 14.5 Å². The molecule has 3 aromatic heterocycles. The van der Waals surface area contributed by atoms with Gasteiger partial charge in [-0.15, -0.1) is 11.3 Å². The lowest BCUT2D eigenvalue weighted by atomic mass is 10.3. The summed E-state index contributed by atoms with van der Waals surface area (Å²) >= 11 is 1.68. The fraction of sp³-hybridized carbons (Fsp3) is 0.412. The fourth-order valence-electron chi connectivity index (χ4n) is 3.14. The maximum Gasteiger partial charge on any atom is 0.274 e. The van der Waals surface area contributed by atoms with Crippen molar-refractivity contribution in [3.8, 4) is 0 Å². The Kier molecular flexibility index (Phi) is 4.46. The molecule has 0 aromatic carbocycles. The molecule has 8 heteroatoms. The highest BCUT2D eigenvalue weighted by atomic mass is 32.1. The van der Waals surface area contributed by atoms with Gasteiger partial charge in [0.2, 0.25) is 0 Å². The molecule has 4 rings (SSSR count). The van der Waals surface area contributed by atoms with Crippen LogP contribution in [-0.2, 0) is 6.54 Å². The van der Waals surface area contributed by atoms with Gasteiger partial charge in [0.15, 0.2) is 11.3 Å². The van der Waals surface area contributed by atoms with Crippen LogP contribution < -0.4 is 0 Å². The zero-order valence-electron chi connectivity index (χ0n) is 14.1. The van der Waals surface area contributed by atoms with Gasteiger partial charge in [-0.05, 0) is 19.4 Å². The molecular formula is C17H20N6OS. The average Bonchev–Trinajstić information content (AvgIpc) is 3.15. The topological polar surface area (TPSA) is 66.6 Å². The van der Waals surface area contributed by atoms with Gasteiger partial charge in [0, 0.05) is 56.6 Å². The molecule has 1 aliphatic heterocycles. The molecule has 1 aliphatic rings. The Morgan fingerprint density at radius 3 is 3.00 bits per heavy atom. The normalized spacial score (nSPS) is 16.3. The van der Waals surface area contributed by atoms with Gasteiger partial charge in [0.05, 0.1) is 10.7 Å². The van der Waals surface area contributed by atoms with E-state index in [4.69, 9.17) is 0 Å². The summed E-state index contributed by atoms with van der Waals surface area (Å²) in [6.07, 6.45) is 4.47. The zero-order chi connectivity index (χ0) is 17.2. The molecule has 0 bridgehead atoms. The van der Waals surface area contributed by atoms with E-state index in [1.165, 1.54) is 0 Å². The quantitative estimate of drug-likeness (QED) is 0.716. The summed E-state index contributed by atoms with van der Waals surface area (Å²) in [5.74, 6) is -0.0168. The third kappa shape index (κ3) is 3.54. The van der Waals surface area contributed by atoms with E-state index in [0.29, 0.717) is 17.9 Å². The van der Waals surface area contributed by atoms with Gasteiger partial charge in [-0.3, -0.25) is 9.69 Å². The third-order valence-electron chi connectivity index (χ3n) is 4.38. The number of nitrogens with zero attached hydrogens (tertiary/aromatic N) is 6. The minimum Gasteiger partial charge on any atom is -0.336 e. The molecule has 0 N–H and O–H groups in total. The van der Waals surface area contributed by atoms with Crippen LogP contribution in [0.25, 0.3) is 5.65 Å². The highest BCUT2D eigenvalue weighted by Crippen LogP contribution is 2.14. The van der Waals surface area contributed by atoms with Gasteiger partial charge >= 0.3 is 0 Å². The van der Waals surface area contributed by atoms with Crippen LogP contribution in [0.4, 0.5) is 0 Å². The van der Waals surface area contributed by atoms with Crippen LogP contribution in [0.3, 0.4) is 0 Å². The number of fused-ring (bicyclic) bond motifs is 1. The Hall–Kier alpha value is -2.32. The standard InChI is InChI=1S/C17H20N6OS/c1-13-19-14(12-25-13)11-21-5-3-6-22(9-8-21)17(24)15-10-16-18-4-2-7-23(16)20-15/h2,4,7,10,12H,3,5-6,8-9,11H2,1H3. The second kappa shape index (κ2) is 6.89. The molecule has 4 heterocycles. The molecule has 0 saturated carbocycles. The first-order chi connectivity index (χ1) is 12.2. The zero-order valence-corrected chi connectivity index (χ0v) is 14.9. The number of aryl methyl sites for hydroxylation is 1. The molecular weight excluding hydrogens is 336 g/mol. The number of hydrogen-bond donors (Lipinski definition) is 0. The Morgan fingerprint density at radius 1 is 1.28 bits per heavy atom. The lowest BCUT2D eigenvalue weighted by Crippen LogP contribution is -2.35. The number of thiazole rings is 1. The number of carbonyl (C=O) groups is 1. The molecule has 1 fully saturated rings. The molecule has 0 aliphatic carbocycles. The Morgan fingerprint density at radius 2 is 2.20 bits per heavy atom. The van der Waals surface area contributed by atoms with Crippen LogP contribution in [0.1, 0.15) is 27.6 Å². The van der Waals surface area contributed by atoms with Crippen molar-refractivity contribution in [2.24, 2.45) is 0 Å². The lowest BCUT2D eigenvalue weighted by molar-refractivity contribution is 0.0755. The number of hydrogen-bond acceptors (Lipinski definition) is 6. The Bertz CT molecular complexity index is 855. The van der Waals surface area contributed by atoms with E-state index in [9.17, 15) is 4.79 Å². The molecule has 25 heavy (non-hydrogen) atoms. The van der Waals surface area contributed by atoms with Crippen molar-refractivity contribution >= 4 is 22.9 Å². The van der Waals surface area contributed by atoms with Crippen molar-refractivity contribution < 1.29 is 4.79 Å². The Balaban J connectivity index is 1.42.